The number of hydrogen-bond acceptors (Lipinski definition) is 6. The zero-order valence-electron chi connectivity index (χ0n) is 16.0. The van der Waals surface area contributed by atoms with Crippen LogP contribution in [0.5, 0.6) is 0 Å². The number of hydrogen-bond donors (Lipinski definition) is 1. The number of carbonyl (C=O) groups excluding carboxylic acids is 1. The van der Waals surface area contributed by atoms with Gasteiger partial charge in [0.15, 0.2) is 5.13 Å². The van der Waals surface area contributed by atoms with E-state index in [-0.39, 0.29) is 28.6 Å². The molecule has 1 atom stereocenters. The number of aryl methyl sites for hydroxylation is 1. The van der Waals surface area contributed by atoms with Crippen molar-refractivity contribution in [1.29, 1.82) is 0 Å². The zero-order chi connectivity index (χ0) is 20.6. The predicted molar refractivity (Wildman–Crippen MR) is 112 cm³/mol. The van der Waals surface area contributed by atoms with Crippen molar-refractivity contribution in [1.82, 2.24) is 9.29 Å². The molecule has 10 heteroatoms. The van der Waals surface area contributed by atoms with Crippen LogP contribution in [-0.4, -0.2) is 49.9 Å². The Hall–Kier alpha value is -1.52. The third-order valence-corrected chi connectivity index (χ3v) is 8.60. The first kappa shape index (κ1) is 20.7. The van der Waals surface area contributed by atoms with Crippen molar-refractivity contribution in [2.75, 3.05) is 31.6 Å². The topological polar surface area (TPSA) is 88.6 Å². The minimum Gasteiger partial charge on any atom is -0.379 e. The van der Waals surface area contributed by atoms with Gasteiger partial charge in [0.1, 0.15) is 4.90 Å². The van der Waals surface area contributed by atoms with Gasteiger partial charge in [0.25, 0.3) is 5.91 Å². The Morgan fingerprint density at radius 1 is 1.34 bits per heavy atom. The van der Waals surface area contributed by atoms with E-state index >= 15 is 0 Å². The van der Waals surface area contributed by atoms with Gasteiger partial charge in [0, 0.05) is 23.5 Å². The molecule has 1 aromatic heterocycles. The lowest BCUT2D eigenvalue weighted by atomic mass is 9.93. The van der Waals surface area contributed by atoms with Crippen molar-refractivity contribution in [3.63, 3.8) is 0 Å². The zero-order valence-corrected chi connectivity index (χ0v) is 18.4. The summed E-state index contributed by atoms with van der Waals surface area (Å²) in [6.07, 6.45) is 3.00. The Balaban J connectivity index is 1.56. The summed E-state index contributed by atoms with van der Waals surface area (Å²) in [5.41, 5.74) is 1.28. The van der Waals surface area contributed by atoms with Crippen LogP contribution in [-0.2, 0) is 27.6 Å². The SMILES string of the molecule is C[C@H]1CCc2nc(NC(=O)c3ccc(Cl)c(S(=O)(=O)N4CCOCC4)c3)sc2C1. The maximum atomic E-state index is 12.9. The van der Waals surface area contributed by atoms with Gasteiger partial charge in [0.2, 0.25) is 10.0 Å². The summed E-state index contributed by atoms with van der Waals surface area (Å²) in [7, 11) is -3.80. The number of amides is 1. The molecule has 2 aromatic rings. The Morgan fingerprint density at radius 2 is 2.10 bits per heavy atom. The first-order valence-electron chi connectivity index (χ1n) is 9.52. The molecule has 0 unspecified atom stereocenters. The van der Waals surface area contributed by atoms with Crippen LogP contribution in [0.2, 0.25) is 5.02 Å². The highest BCUT2D eigenvalue weighted by atomic mass is 35.5. The second kappa shape index (κ2) is 8.31. The number of halogens is 1. The van der Waals surface area contributed by atoms with Crippen LogP contribution in [0.4, 0.5) is 5.13 Å². The molecule has 1 aliphatic carbocycles. The number of rotatable bonds is 4. The number of aromatic nitrogens is 1. The molecule has 1 aliphatic heterocycles. The molecule has 0 bridgehead atoms. The monoisotopic (exact) mass is 455 g/mol. The lowest BCUT2D eigenvalue weighted by Gasteiger charge is -2.26. The van der Waals surface area contributed by atoms with Crippen LogP contribution >= 0.6 is 22.9 Å². The number of fused-ring (bicyclic) bond motifs is 1. The van der Waals surface area contributed by atoms with E-state index in [1.165, 1.54) is 38.7 Å². The fraction of sp³-hybridized carbons (Fsp3) is 0.474. The summed E-state index contributed by atoms with van der Waals surface area (Å²) in [6.45, 7) is 3.41. The van der Waals surface area contributed by atoms with E-state index in [1.807, 2.05) is 0 Å². The van der Waals surface area contributed by atoms with Gasteiger partial charge in [-0.3, -0.25) is 10.1 Å². The van der Waals surface area contributed by atoms with E-state index in [9.17, 15) is 13.2 Å². The van der Waals surface area contributed by atoms with Gasteiger partial charge >= 0.3 is 0 Å². The molecule has 0 radical (unpaired) electrons. The second-order valence-corrected chi connectivity index (χ2v) is 10.7. The minimum absolute atomic E-state index is 0.0685. The first-order valence-corrected chi connectivity index (χ1v) is 12.2. The van der Waals surface area contributed by atoms with Crippen molar-refractivity contribution in [2.24, 2.45) is 5.92 Å². The highest BCUT2D eigenvalue weighted by molar-refractivity contribution is 7.89. The van der Waals surface area contributed by atoms with Gasteiger partial charge in [-0.25, -0.2) is 13.4 Å². The number of thiazole rings is 1. The number of nitrogens with one attached hydrogen (secondary N) is 1. The highest BCUT2D eigenvalue weighted by Gasteiger charge is 2.29. The molecule has 29 heavy (non-hydrogen) atoms. The van der Waals surface area contributed by atoms with Gasteiger partial charge < -0.3 is 4.74 Å². The number of anilines is 1. The van der Waals surface area contributed by atoms with Gasteiger partial charge in [-0.15, -0.1) is 11.3 Å². The van der Waals surface area contributed by atoms with Crippen molar-refractivity contribution < 1.29 is 17.9 Å². The second-order valence-electron chi connectivity index (χ2n) is 7.35. The molecule has 7 nitrogen and oxygen atoms in total. The largest absolute Gasteiger partial charge is 0.379 e. The Morgan fingerprint density at radius 3 is 2.86 bits per heavy atom. The molecular weight excluding hydrogens is 434 g/mol. The van der Waals surface area contributed by atoms with Crippen LogP contribution in [0, 0.1) is 5.92 Å². The van der Waals surface area contributed by atoms with Gasteiger partial charge in [-0.1, -0.05) is 18.5 Å². The maximum Gasteiger partial charge on any atom is 0.257 e. The van der Waals surface area contributed by atoms with Gasteiger partial charge in [-0.2, -0.15) is 4.31 Å². The quantitative estimate of drug-likeness (QED) is 0.764. The number of ether oxygens (including phenoxy) is 1. The molecule has 2 heterocycles. The average molecular weight is 456 g/mol. The molecule has 0 saturated carbocycles. The normalized spacial score (nSPS) is 20.3. The Kier molecular flexibility index (Phi) is 5.94. The van der Waals surface area contributed by atoms with Crippen molar-refractivity contribution in [2.45, 2.75) is 31.1 Å². The summed E-state index contributed by atoms with van der Waals surface area (Å²) in [5.74, 6) is 0.218. The maximum absolute atomic E-state index is 12.9. The van der Waals surface area contributed by atoms with E-state index < -0.39 is 15.9 Å². The van der Waals surface area contributed by atoms with Crippen molar-refractivity contribution in [3.8, 4) is 0 Å². The predicted octanol–water partition coefficient (Wildman–Crippen LogP) is 3.19. The molecule has 1 amide bonds. The van der Waals surface area contributed by atoms with Gasteiger partial charge in [0.05, 0.1) is 23.9 Å². The lowest BCUT2D eigenvalue weighted by molar-refractivity contribution is 0.0730. The summed E-state index contributed by atoms with van der Waals surface area (Å²) in [5, 5.41) is 3.44. The molecule has 4 rings (SSSR count). The molecule has 156 valence electrons. The van der Waals surface area contributed by atoms with E-state index in [2.05, 4.69) is 17.2 Å². The van der Waals surface area contributed by atoms with Crippen LogP contribution in [0.25, 0.3) is 0 Å². The fourth-order valence-electron chi connectivity index (χ4n) is 3.53. The van der Waals surface area contributed by atoms with Gasteiger partial charge in [-0.05, 0) is 43.4 Å². The standard InChI is InChI=1S/C19H22ClN3O4S2/c1-12-2-5-15-16(10-12)28-19(21-15)22-18(24)13-3-4-14(20)17(11-13)29(25,26)23-6-8-27-9-7-23/h3-4,11-12H,2,5-10H2,1H3,(H,21,22,24)/t12-/m0/s1. The highest BCUT2D eigenvalue weighted by Crippen LogP contribution is 2.32. The summed E-state index contributed by atoms with van der Waals surface area (Å²) in [6, 6.07) is 4.29. The number of morpholine rings is 1. The smallest absolute Gasteiger partial charge is 0.257 e. The van der Waals surface area contributed by atoms with Crippen LogP contribution in [0.15, 0.2) is 23.1 Å². The summed E-state index contributed by atoms with van der Waals surface area (Å²) in [4.78, 5) is 18.4. The Bertz CT molecular complexity index is 1030. The number of sulfonamides is 1. The molecule has 2 aliphatic rings. The number of carbonyl (C=O) groups is 1. The minimum atomic E-state index is -3.80. The van der Waals surface area contributed by atoms with Crippen LogP contribution in [0.3, 0.4) is 0 Å². The molecule has 1 fully saturated rings. The van der Waals surface area contributed by atoms with E-state index in [0.717, 1.165) is 25.0 Å². The Labute approximate surface area is 179 Å². The summed E-state index contributed by atoms with van der Waals surface area (Å²) >= 11 is 7.66. The third kappa shape index (κ3) is 4.34. The van der Waals surface area contributed by atoms with Crippen LogP contribution in [0.1, 0.15) is 34.3 Å². The third-order valence-electron chi connectivity index (χ3n) is 5.19. The number of nitrogens with zero attached hydrogens (tertiary/aromatic N) is 2. The molecule has 1 aromatic carbocycles. The van der Waals surface area contributed by atoms with Crippen molar-refractivity contribution >= 4 is 44.0 Å². The lowest BCUT2D eigenvalue weighted by Crippen LogP contribution is -2.40. The average Bonchev–Trinajstić information content (AvgIpc) is 3.10. The molecular formula is C19H22ClN3O4S2. The molecule has 0 spiro atoms. The number of benzene rings is 1. The first-order chi connectivity index (χ1) is 13.8. The molecule has 1 saturated heterocycles. The van der Waals surface area contributed by atoms with E-state index in [4.69, 9.17) is 16.3 Å². The van der Waals surface area contributed by atoms with E-state index in [0.29, 0.717) is 24.3 Å². The van der Waals surface area contributed by atoms with Crippen LogP contribution < -0.4 is 5.32 Å². The fourth-order valence-corrected chi connectivity index (χ4v) is 6.61. The molecule has 1 N–H and O–H groups in total. The van der Waals surface area contributed by atoms with Crippen molar-refractivity contribution in [3.05, 3.63) is 39.4 Å². The van der Waals surface area contributed by atoms with E-state index in [1.54, 1.807) is 0 Å². The summed E-state index contributed by atoms with van der Waals surface area (Å²) < 4.78 is 32.4.